The molecule has 20 heavy (non-hydrogen) atoms. The second-order valence-electron chi connectivity index (χ2n) is 6.53. The Morgan fingerprint density at radius 1 is 1.05 bits per heavy atom. The summed E-state index contributed by atoms with van der Waals surface area (Å²) in [7, 11) is -2.61. The number of hydrogen-bond donors (Lipinski definition) is 0. The highest BCUT2D eigenvalue weighted by Crippen LogP contribution is 2.69. The summed E-state index contributed by atoms with van der Waals surface area (Å²) in [5.41, 5.74) is 0. The minimum atomic E-state index is -2.61. The van der Waals surface area contributed by atoms with Crippen molar-refractivity contribution in [2.75, 3.05) is 0 Å². The summed E-state index contributed by atoms with van der Waals surface area (Å²) in [5, 5.41) is 0. The van der Waals surface area contributed by atoms with Crippen molar-refractivity contribution in [3.63, 3.8) is 0 Å². The van der Waals surface area contributed by atoms with Crippen molar-refractivity contribution < 1.29 is 4.89 Å². The van der Waals surface area contributed by atoms with Crippen molar-refractivity contribution in [3.8, 4) is 0 Å². The molecular formula is C16H29N2OP. The molecule has 114 valence electrons. The molecule has 2 rings (SSSR count). The van der Waals surface area contributed by atoms with Crippen LogP contribution in [0.5, 0.6) is 0 Å². The van der Waals surface area contributed by atoms with Gasteiger partial charge in [0.05, 0.1) is 17.9 Å². The van der Waals surface area contributed by atoms with Gasteiger partial charge in [0.1, 0.15) is 7.79 Å². The molecule has 1 saturated heterocycles. The third kappa shape index (κ3) is 2.62. The summed E-state index contributed by atoms with van der Waals surface area (Å²) in [5.74, 6) is 1.92. The van der Waals surface area contributed by atoms with Crippen molar-refractivity contribution in [1.29, 1.82) is 0 Å². The summed E-state index contributed by atoms with van der Waals surface area (Å²) in [6.45, 7) is 12.4. The number of fused-ring (bicyclic) bond motifs is 1. The number of allylic oxidation sites excluding steroid dienone is 2. The Morgan fingerprint density at radius 2 is 1.50 bits per heavy atom. The molecule has 2 aliphatic rings. The van der Waals surface area contributed by atoms with E-state index in [0.29, 0.717) is 24.2 Å². The lowest BCUT2D eigenvalue weighted by Gasteiger charge is -2.41. The van der Waals surface area contributed by atoms with E-state index in [-0.39, 0.29) is 0 Å². The first-order valence-electron chi connectivity index (χ1n) is 7.91. The number of rotatable bonds is 4. The van der Waals surface area contributed by atoms with Crippen LogP contribution in [0.15, 0.2) is 24.5 Å². The molecule has 1 aliphatic heterocycles. The highest BCUT2D eigenvalue weighted by molar-refractivity contribution is 7.67. The van der Waals surface area contributed by atoms with Gasteiger partial charge in [-0.2, -0.15) is 9.34 Å². The third-order valence-electron chi connectivity index (χ3n) is 4.51. The van der Waals surface area contributed by atoms with Gasteiger partial charge in [0, 0.05) is 12.1 Å². The average molecular weight is 296 g/mol. The molecule has 4 heteroatoms. The quantitative estimate of drug-likeness (QED) is 0.587. The molecule has 0 aromatic heterocycles. The Morgan fingerprint density at radius 3 is 1.85 bits per heavy atom. The molecule has 0 spiro atoms. The maximum Gasteiger partial charge on any atom is 0.134 e. The second-order valence-corrected chi connectivity index (χ2v) is 8.93. The fraction of sp³-hybridized carbons (Fsp3) is 0.750. The monoisotopic (exact) mass is 296 g/mol. The minimum absolute atomic E-state index is 0.310. The Hall–Kier alpha value is -0.210. The predicted octanol–water partition coefficient (Wildman–Crippen LogP) is 3.55. The Labute approximate surface area is 124 Å². The van der Waals surface area contributed by atoms with Crippen LogP contribution < -0.4 is 4.89 Å². The molecule has 3 nitrogen and oxygen atoms in total. The minimum Gasteiger partial charge on any atom is -0.647 e. The number of hydrogen-bond acceptors (Lipinski definition) is 3. The van der Waals surface area contributed by atoms with Gasteiger partial charge in [-0.25, -0.2) is 0 Å². The molecule has 1 aliphatic carbocycles. The molecule has 0 N–H and O–H groups in total. The molecule has 0 aromatic carbocycles. The van der Waals surface area contributed by atoms with E-state index < -0.39 is 7.79 Å². The molecule has 2 atom stereocenters. The topological polar surface area (TPSA) is 29.5 Å². The second kappa shape index (κ2) is 6.27. The zero-order valence-corrected chi connectivity index (χ0v) is 14.2. The Balaban J connectivity index is 2.46. The summed E-state index contributed by atoms with van der Waals surface area (Å²) in [6.07, 6.45) is 8.49. The van der Waals surface area contributed by atoms with E-state index in [9.17, 15) is 4.89 Å². The van der Waals surface area contributed by atoms with Crippen LogP contribution in [0.2, 0.25) is 0 Å². The largest absolute Gasteiger partial charge is 0.647 e. The van der Waals surface area contributed by atoms with Gasteiger partial charge in [-0.15, -0.1) is 0 Å². The molecule has 1 saturated carbocycles. The fourth-order valence-electron chi connectivity index (χ4n) is 4.01. The van der Waals surface area contributed by atoms with Gasteiger partial charge < -0.3 is 4.89 Å². The van der Waals surface area contributed by atoms with E-state index in [0.717, 1.165) is 0 Å². The van der Waals surface area contributed by atoms with Crippen molar-refractivity contribution in [2.24, 2.45) is 0 Å². The van der Waals surface area contributed by atoms with Crippen LogP contribution in [0.1, 0.15) is 53.4 Å². The van der Waals surface area contributed by atoms with Crippen molar-refractivity contribution in [2.45, 2.75) is 77.5 Å². The molecule has 2 fully saturated rings. The van der Waals surface area contributed by atoms with Crippen LogP contribution in [0.25, 0.3) is 0 Å². The Kier molecular flexibility index (Phi) is 5.07. The van der Waals surface area contributed by atoms with E-state index in [1.807, 2.05) is 11.9 Å². The van der Waals surface area contributed by atoms with Crippen LogP contribution in [0, 0.1) is 0 Å². The zero-order valence-electron chi connectivity index (χ0n) is 13.3. The molecule has 0 radical (unpaired) electrons. The molecule has 0 aromatic rings. The van der Waals surface area contributed by atoms with Gasteiger partial charge in [-0.1, -0.05) is 25.5 Å². The van der Waals surface area contributed by atoms with E-state index in [2.05, 4.69) is 43.6 Å². The van der Waals surface area contributed by atoms with Crippen LogP contribution in [0.4, 0.5) is 0 Å². The summed E-state index contributed by atoms with van der Waals surface area (Å²) in [4.78, 5) is 13.8. The van der Waals surface area contributed by atoms with Gasteiger partial charge in [0.15, 0.2) is 0 Å². The van der Waals surface area contributed by atoms with Crippen molar-refractivity contribution in [3.05, 3.63) is 24.5 Å². The Bertz CT molecular complexity index is 357. The van der Waals surface area contributed by atoms with E-state index in [1.54, 1.807) is 6.08 Å². The molecule has 1 heterocycles. The van der Waals surface area contributed by atoms with E-state index in [1.165, 1.54) is 25.7 Å². The molecule has 0 bridgehead atoms. The lowest BCUT2D eigenvalue weighted by molar-refractivity contribution is -0.189. The lowest BCUT2D eigenvalue weighted by atomic mass is 9.89. The lowest BCUT2D eigenvalue weighted by Crippen LogP contribution is -2.43. The molecule has 0 unspecified atom stereocenters. The van der Waals surface area contributed by atoms with Gasteiger partial charge in [-0.05, 0) is 46.6 Å². The first-order chi connectivity index (χ1) is 9.43. The zero-order chi connectivity index (χ0) is 14.9. The summed E-state index contributed by atoms with van der Waals surface area (Å²) in [6, 6.07) is 1.52. The molecular weight excluding hydrogens is 267 g/mol. The van der Waals surface area contributed by atoms with Crippen molar-refractivity contribution in [1.82, 2.24) is 9.34 Å². The van der Waals surface area contributed by atoms with Gasteiger partial charge >= 0.3 is 0 Å². The normalized spacial score (nSPS) is 31.4. The van der Waals surface area contributed by atoms with Crippen LogP contribution in [0.3, 0.4) is 0 Å². The van der Waals surface area contributed by atoms with Gasteiger partial charge in [0.2, 0.25) is 0 Å². The number of nitrogens with zero attached hydrogens (tertiary/aromatic N) is 2. The molecule has 0 amide bonds. The summed E-state index contributed by atoms with van der Waals surface area (Å²) < 4.78 is 4.60. The third-order valence-corrected chi connectivity index (χ3v) is 7.91. The highest BCUT2D eigenvalue weighted by Gasteiger charge is 2.59. The van der Waals surface area contributed by atoms with Crippen LogP contribution >= 0.6 is 7.79 Å². The van der Waals surface area contributed by atoms with Gasteiger partial charge in [-0.3, -0.25) is 0 Å². The van der Waals surface area contributed by atoms with Crippen LogP contribution in [-0.4, -0.2) is 33.5 Å². The first-order valence-corrected chi connectivity index (χ1v) is 9.59. The van der Waals surface area contributed by atoms with E-state index in [4.69, 9.17) is 0 Å². The summed E-state index contributed by atoms with van der Waals surface area (Å²) >= 11 is 0. The average Bonchev–Trinajstić information content (AvgIpc) is 2.64. The van der Waals surface area contributed by atoms with Crippen molar-refractivity contribution >= 4 is 7.79 Å². The van der Waals surface area contributed by atoms with E-state index >= 15 is 0 Å². The standard InChI is InChI=1S/C16H29N2OP/c1-6-7-12-20(19)17(13(2)3)15-10-8-9-11-16(15)18(20)14(4)5/h6-7,12-16H,1,8-11H2,2-5H3/b12-7+/t15-,16-/m1/s1. The maximum absolute atomic E-state index is 13.8. The maximum atomic E-state index is 13.8. The highest BCUT2D eigenvalue weighted by atomic mass is 31.2. The first kappa shape index (κ1) is 16.2. The smallest absolute Gasteiger partial charge is 0.134 e. The fourth-order valence-corrected chi connectivity index (χ4v) is 7.61. The SMILES string of the molecule is C=C/C=C/[P+]1([O-])N(C(C)C)[C@@H]2CCCC[C@H]2N1C(C)C. The van der Waals surface area contributed by atoms with Crippen LogP contribution in [-0.2, 0) is 0 Å². The van der Waals surface area contributed by atoms with Gasteiger partial charge in [0.25, 0.3) is 0 Å². The predicted molar refractivity (Wildman–Crippen MR) is 86.3 cm³/mol.